The summed E-state index contributed by atoms with van der Waals surface area (Å²) in [5.41, 5.74) is 8.30. The van der Waals surface area contributed by atoms with Crippen molar-refractivity contribution in [2.75, 3.05) is 6.61 Å². The van der Waals surface area contributed by atoms with E-state index in [0.717, 1.165) is 18.6 Å². The van der Waals surface area contributed by atoms with Crippen molar-refractivity contribution < 1.29 is 18.6 Å². The van der Waals surface area contributed by atoms with Crippen LogP contribution < -0.4 is 15.1 Å². The SMILES string of the molecule is CC(C)[Si]1(C(C)C)O[C@@H]2c3c(c([Si](C)(C)C)c4c(c31)Cc1ccccc1C4)O[C@H]1COC(C)(C)OC12. The van der Waals surface area contributed by atoms with Gasteiger partial charge in [0.05, 0.1) is 14.7 Å². The fourth-order valence-electron chi connectivity index (χ4n) is 7.56. The first-order valence-corrected chi connectivity index (χ1v) is 19.4. The minimum atomic E-state index is -2.37. The van der Waals surface area contributed by atoms with E-state index in [2.05, 4.69) is 71.6 Å². The second-order valence-corrected chi connectivity index (χ2v) is 23.0. The Hall–Kier alpha value is -1.45. The fraction of sp³-hybridized carbons (Fsp3) is 0.600. The highest BCUT2D eigenvalue weighted by Crippen LogP contribution is 2.53. The molecule has 36 heavy (non-hydrogen) atoms. The maximum absolute atomic E-state index is 7.50. The van der Waals surface area contributed by atoms with Crippen LogP contribution in [0.1, 0.15) is 75.5 Å². The van der Waals surface area contributed by atoms with E-state index >= 15 is 0 Å². The molecule has 0 aromatic heterocycles. The van der Waals surface area contributed by atoms with Crippen molar-refractivity contribution in [2.45, 2.75) is 109 Å². The van der Waals surface area contributed by atoms with Crippen LogP contribution in [0.3, 0.4) is 0 Å². The quantitative estimate of drug-likeness (QED) is 0.415. The van der Waals surface area contributed by atoms with Crippen LogP contribution in [0.25, 0.3) is 0 Å². The lowest BCUT2D eigenvalue weighted by Crippen LogP contribution is -2.57. The molecule has 3 aliphatic heterocycles. The van der Waals surface area contributed by atoms with Crippen molar-refractivity contribution in [3.8, 4) is 5.75 Å². The highest BCUT2D eigenvalue weighted by atomic mass is 28.4. The molecule has 6 heteroatoms. The fourth-order valence-corrected chi connectivity index (χ4v) is 14.8. The number of hydrogen-bond acceptors (Lipinski definition) is 4. The molecular weight excluding hydrogens is 480 g/mol. The van der Waals surface area contributed by atoms with E-state index in [0.29, 0.717) is 17.7 Å². The average molecular weight is 523 g/mol. The van der Waals surface area contributed by atoms with Gasteiger partial charge in [0, 0.05) is 5.56 Å². The van der Waals surface area contributed by atoms with Crippen LogP contribution in [0.15, 0.2) is 24.3 Å². The van der Waals surface area contributed by atoms with Crippen LogP contribution in [0.5, 0.6) is 5.75 Å². The first-order valence-electron chi connectivity index (χ1n) is 13.8. The minimum absolute atomic E-state index is 0.0778. The van der Waals surface area contributed by atoms with Gasteiger partial charge in [0.1, 0.15) is 18.0 Å². The second-order valence-electron chi connectivity index (χ2n) is 13.4. The molecular formula is C30H42O4Si2. The van der Waals surface area contributed by atoms with Crippen LogP contribution in [-0.4, -0.2) is 41.0 Å². The molecule has 4 aliphatic rings. The van der Waals surface area contributed by atoms with Gasteiger partial charge in [-0.2, -0.15) is 0 Å². The minimum Gasteiger partial charge on any atom is -0.485 e. The topological polar surface area (TPSA) is 36.9 Å². The van der Waals surface area contributed by atoms with Gasteiger partial charge in [-0.05, 0) is 70.4 Å². The van der Waals surface area contributed by atoms with Gasteiger partial charge in [0.15, 0.2) is 11.9 Å². The zero-order valence-electron chi connectivity index (χ0n) is 23.5. The van der Waals surface area contributed by atoms with Crippen molar-refractivity contribution in [2.24, 2.45) is 0 Å². The maximum atomic E-state index is 7.50. The van der Waals surface area contributed by atoms with Crippen LogP contribution in [0, 0.1) is 0 Å². The van der Waals surface area contributed by atoms with Gasteiger partial charge in [-0.15, -0.1) is 0 Å². The molecule has 4 nitrogen and oxygen atoms in total. The van der Waals surface area contributed by atoms with E-state index in [1.54, 1.807) is 16.3 Å². The predicted octanol–water partition coefficient (Wildman–Crippen LogP) is 5.68. The third kappa shape index (κ3) is 3.41. The zero-order chi connectivity index (χ0) is 25.8. The summed E-state index contributed by atoms with van der Waals surface area (Å²) in [5, 5.41) is 3.05. The maximum Gasteiger partial charge on any atom is 0.231 e. The van der Waals surface area contributed by atoms with Crippen molar-refractivity contribution in [1.82, 2.24) is 0 Å². The standard InChI is InChI=1S/C30H42O4Si2/c1-17(2)36(18(3)4)28-21-14-19-12-10-11-13-20(19)15-22(21)29(35(7,8)9)27-24(28)26(34-36)25-23(32-27)16-31-30(5,6)33-25/h10-13,17-18,23,25-26H,14-16H2,1-9H3/t23-,25?,26+/m0/s1. The predicted molar refractivity (Wildman–Crippen MR) is 150 cm³/mol. The molecule has 0 amide bonds. The smallest absolute Gasteiger partial charge is 0.231 e. The molecule has 6 rings (SSSR count). The normalized spacial score (nSPS) is 27.2. The lowest BCUT2D eigenvalue weighted by Gasteiger charge is -2.47. The third-order valence-electron chi connectivity index (χ3n) is 8.97. The monoisotopic (exact) mass is 522 g/mol. The van der Waals surface area contributed by atoms with Crippen molar-refractivity contribution >= 4 is 26.8 Å². The highest BCUT2D eigenvalue weighted by Gasteiger charge is 2.61. The lowest BCUT2D eigenvalue weighted by molar-refractivity contribution is -0.317. The van der Waals surface area contributed by atoms with Crippen LogP contribution >= 0.6 is 0 Å². The van der Waals surface area contributed by atoms with Gasteiger partial charge in [-0.3, -0.25) is 0 Å². The molecule has 1 unspecified atom stereocenters. The number of hydrogen-bond donors (Lipinski definition) is 0. The van der Waals surface area contributed by atoms with Gasteiger partial charge in [0.25, 0.3) is 0 Å². The molecule has 1 saturated heterocycles. The van der Waals surface area contributed by atoms with Crippen molar-refractivity contribution in [3.05, 3.63) is 52.1 Å². The molecule has 0 radical (unpaired) electrons. The largest absolute Gasteiger partial charge is 0.485 e. The number of rotatable bonds is 3. The first-order chi connectivity index (χ1) is 16.8. The van der Waals surface area contributed by atoms with Crippen molar-refractivity contribution in [3.63, 3.8) is 0 Å². The highest BCUT2D eigenvalue weighted by molar-refractivity contribution is 6.92. The second kappa shape index (κ2) is 8.03. The van der Waals surface area contributed by atoms with E-state index in [-0.39, 0.29) is 18.3 Å². The number of ether oxygens (including phenoxy) is 3. The van der Waals surface area contributed by atoms with Gasteiger partial charge in [-0.1, -0.05) is 71.6 Å². The third-order valence-corrected chi connectivity index (χ3v) is 16.4. The summed E-state index contributed by atoms with van der Waals surface area (Å²) in [6.07, 6.45) is 1.63. The molecule has 1 aliphatic carbocycles. The molecule has 2 aromatic rings. The molecule has 194 valence electrons. The summed E-state index contributed by atoms with van der Waals surface area (Å²) in [4.78, 5) is 0. The summed E-state index contributed by atoms with van der Waals surface area (Å²) in [6, 6.07) is 9.04. The van der Waals surface area contributed by atoms with Gasteiger partial charge < -0.3 is 18.6 Å². The van der Waals surface area contributed by atoms with Crippen LogP contribution in [0.4, 0.5) is 0 Å². The van der Waals surface area contributed by atoms with E-state index in [1.807, 2.05) is 13.8 Å². The Morgan fingerprint density at radius 3 is 2.14 bits per heavy atom. The Kier molecular flexibility index (Phi) is 5.54. The molecule has 0 saturated carbocycles. The van der Waals surface area contributed by atoms with Gasteiger partial charge >= 0.3 is 0 Å². The zero-order valence-corrected chi connectivity index (χ0v) is 25.5. The lowest BCUT2D eigenvalue weighted by atomic mass is 9.82. The Labute approximate surface area is 218 Å². The van der Waals surface area contributed by atoms with Gasteiger partial charge in [-0.25, -0.2) is 0 Å². The Morgan fingerprint density at radius 2 is 1.56 bits per heavy atom. The summed E-state index contributed by atoms with van der Waals surface area (Å²) in [5.74, 6) is 0.499. The van der Waals surface area contributed by atoms with Crippen molar-refractivity contribution in [1.29, 1.82) is 0 Å². The number of benzene rings is 2. The Balaban J connectivity index is 1.69. The molecule has 0 N–H and O–H groups in total. The van der Waals surface area contributed by atoms with Gasteiger partial charge in [0.2, 0.25) is 8.32 Å². The van der Waals surface area contributed by atoms with E-state index in [4.69, 9.17) is 18.6 Å². The summed E-state index contributed by atoms with van der Waals surface area (Å²) < 4.78 is 27.2. The molecule has 2 aromatic carbocycles. The van der Waals surface area contributed by atoms with E-state index in [1.165, 1.54) is 21.9 Å². The number of fused-ring (bicyclic) bond motifs is 5. The van der Waals surface area contributed by atoms with Crippen LogP contribution in [0.2, 0.25) is 30.7 Å². The first kappa shape index (κ1) is 24.9. The molecule has 0 bridgehead atoms. The Bertz CT molecular complexity index is 1220. The Morgan fingerprint density at radius 1 is 0.944 bits per heavy atom. The molecule has 1 fully saturated rings. The van der Waals surface area contributed by atoms with E-state index < -0.39 is 22.2 Å². The average Bonchev–Trinajstić information content (AvgIpc) is 3.16. The van der Waals surface area contributed by atoms with E-state index in [9.17, 15) is 0 Å². The molecule has 3 atom stereocenters. The molecule has 3 heterocycles. The summed E-state index contributed by atoms with van der Waals surface area (Å²) >= 11 is 0. The molecule has 0 spiro atoms. The van der Waals surface area contributed by atoms with Crippen LogP contribution in [-0.2, 0) is 26.7 Å². The summed E-state index contributed by atoms with van der Waals surface area (Å²) in [6.45, 7) is 21.5. The summed E-state index contributed by atoms with van der Waals surface area (Å²) in [7, 11) is -4.14.